The first-order valence-electron chi connectivity index (χ1n) is 4.51. The molecular formula is C9H16O. The molecule has 10 heavy (non-hydrogen) atoms. The molecule has 0 aliphatic heterocycles. The van der Waals surface area contributed by atoms with Crippen molar-refractivity contribution in [3.05, 3.63) is 0 Å². The Labute approximate surface area is 62.4 Å². The molecule has 2 fully saturated rings. The highest BCUT2D eigenvalue weighted by molar-refractivity contribution is 5.14. The van der Waals surface area contributed by atoms with Gasteiger partial charge in [0, 0.05) is 0 Å². The summed E-state index contributed by atoms with van der Waals surface area (Å²) in [5.41, 5.74) is -0.187. The van der Waals surface area contributed by atoms with Crippen LogP contribution in [0.1, 0.15) is 39.0 Å². The third-order valence-electron chi connectivity index (χ3n) is 3.34. The maximum Gasteiger partial charge on any atom is 0.0711 e. The van der Waals surface area contributed by atoms with E-state index in [1.54, 1.807) is 0 Å². The fourth-order valence-electron chi connectivity index (χ4n) is 2.82. The number of fused-ring (bicyclic) bond motifs is 1. The van der Waals surface area contributed by atoms with Gasteiger partial charge >= 0.3 is 0 Å². The van der Waals surface area contributed by atoms with Crippen LogP contribution in [-0.4, -0.2) is 10.7 Å². The Balaban J connectivity index is 1.96. The number of aliphatic hydroxyl groups is 1. The van der Waals surface area contributed by atoms with Gasteiger partial charge in [0.25, 0.3) is 0 Å². The van der Waals surface area contributed by atoms with E-state index in [2.05, 4.69) is 6.92 Å². The van der Waals surface area contributed by atoms with Crippen molar-refractivity contribution < 1.29 is 5.11 Å². The van der Waals surface area contributed by atoms with Gasteiger partial charge in [-0.1, -0.05) is 19.8 Å². The quantitative estimate of drug-likeness (QED) is 0.621. The van der Waals surface area contributed by atoms with Crippen LogP contribution < -0.4 is 0 Å². The Hall–Kier alpha value is -0.0400. The minimum absolute atomic E-state index is 0.187. The van der Waals surface area contributed by atoms with E-state index in [-0.39, 0.29) is 5.60 Å². The lowest BCUT2D eigenvalue weighted by molar-refractivity contribution is 0.0959. The van der Waals surface area contributed by atoms with Crippen molar-refractivity contribution in [2.45, 2.75) is 44.6 Å². The van der Waals surface area contributed by atoms with Crippen LogP contribution in [0.15, 0.2) is 0 Å². The molecule has 0 saturated heterocycles. The van der Waals surface area contributed by atoms with Crippen LogP contribution >= 0.6 is 0 Å². The molecular weight excluding hydrogens is 124 g/mol. The molecule has 2 aliphatic carbocycles. The van der Waals surface area contributed by atoms with Crippen LogP contribution in [0, 0.1) is 11.8 Å². The summed E-state index contributed by atoms with van der Waals surface area (Å²) in [5.74, 6) is 1.40. The second-order valence-electron chi connectivity index (χ2n) is 3.89. The highest BCUT2D eigenvalue weighted by Gasteiger charge is 2.64. The molecule has 0 aromatic heterocycles. The summed E-state index contributed by atoms with van der Waals surface area (Å²) >= 11 is 0. The van der Waals surface area contributed by atoms with Crippen molar-refractivity contribution in [1.82, 2.24) is 0 Å². The second-order valence-corrected chi connectivity index (χ2v) is 3.89. The topological polar surface area (TPSA) is 20.2 Å². The number of hydrogen-bond acceptors (Lipinski definition) is 1. The van der Waals surface area contributed by atoms with Crippen molar-refractivity contribution in [3.8, 4) is 0 Å². The van der Waals surface area contributed by atoms with Crippen molar-refractivity contribution in [1.29, 1.82) is 0 Å². The van der Waals surface area contributed by atoms with Crippen molar-refractivity contribution >= 4 is 0 Å². The molecule has 2 atom stereocenters. The maximum absolute atomic E-state index is 9.91. The summed E-state index contributed by atoms with van der Waals surface area (Å²) in [6.07, 6.45) is 6.13. The summed E-state index contributed by atoms with van der Waals surface area (Å²) in [6.45, 7) is 2.16. The van der Waals surface area contributed by atoms with E-state index in [0.29, 0.717) is 11.8 Å². The summed E-state index contributed by atoms with van der Waals surface area (Å²) in [5, 5.41) is 9.91. The molecule has 2 aliphatic rings. The Morgan fingerprint density at radius 1 is 1.40 bits per heavy atom. The largest absolute Gasteiger partial charge is 0.389 e. The SMILES string of the molecule is CCCC1(O)C2CCCC21. The molecule has 2 unspecified atom stereocenters. The second kappa shape index (κ2) is 1.97. The zero-order chi connectivity index (χ0) is 7.19. The molecule has 2 rings (SSSR count). The average molecular weight is 140 g/mol. The minimum atomic E-state index is -0.187. The molecule has 1 nitrogen and oxygen atoms in total. The molecule has 2 saturated carbocycles. The van der Waals surface area contributed by atoms with E-state index in [0.717, 1.165) is 12.8 Å². The van der Waals surface area contributed by atoms with E-state index in [1.165, 1.54) is 19.3 Å². The normalized spacial score (nSPS) is 51.0. The average Bonchev–Trinajstić information content (AvgIpc) is 2.30. The minimum Gasteiger partial charge on any atom is -0.389 e. The first-order valence-corrected chi connectivity index (χ1v) is 4.51. The fourth-order valence-corrected chi connectivity index (χ4v) is 2.82. The van der Waals surface area contributed by atoms with Gasteiger partial charge in [-0.3, -0.25) is 0 Å². The van der Waals surface area contributed by atoms with Crippen LogP contribution in [0.25, 0.3) is 0 Å². The molecule has 0 bridgehead atoms. The molecule has 0 amide bonds. The molecule has 0 aromatic rings. The van der Waals surface area contributed by atoms with E-state index in [9.17, 15) is 5.11 Å². The van der Waals surface area contributed by atoms with Crippen molar-refractivity contribution in [2.75, 3.05) is 0 Å². The van der Waals surface area contributed by atoms with Crippen molar-refractivity contribution in [2.24, 2.45) is 11.8 Å². The van der Waals surface area contributed by atoms with Crippen molar-refractivity contribution in [3.63, 3.8) is 0 Å². The van der Waals surface area contributed by atoms with Gasteiger partial charge in [-0.05, 0) is 31.1 Å². The Morgan fingerprint density at radius 3 is 2.50 bits per heavy atom. The Bertz CT molecular complexity index is 132. The summed E-state index contributed by atoms with van der Waals surface area (Å²) < 4.78 is 0. The van der Waals surface area contributed by atoms with Crippen LogP contribution in [0.5, 0.6) is 0 Å². The van der Waals surface area contributed by atoms with Gasteiger partial charge in [0.1, 0.15) is 0 Å². The van der Waals surface area contributed by atoms with Crippen LogP contribution in [0.4, 0.5) is 0 Å². The van der Waals surface area contributed by atoms with E-state index in [4.69, 9.17) is 0 Å². The Kier molecular flexibility index (Phi) is 1.31. The summed E-state index contributed by atoms with van der Waals surface area (Å²) in [6, 6.07) is 0. The lowest BCUT2D eigenvalue weighted by Gasteiger charge is -2.11. The molecule has 58 valence electrons. The summed E-state index contributed by atoms with van der Waals surface area (Å²) in [7, 11) is 0. The monoisotopic (exact) mass is 140 g/mol. The zero-order valence-electron chi connectivity index (χ0n) is 6.64. The molecule has 0 spiro atoms. The smallest absolute Gasteiger partial charge is 0.0711 e. The maximum atomic E-state index is 9.91. The highest BCUT2D eigenvalue weighted by atomic mass is 16.3. The fraction of sp³-hybridized carbons (Fsp3) is 1.00. The van der Waals surface area contributed by atoms with Gasteiger partial charge in [0.05, 0.1) is 5.60 Å². The molecule has 1 N–H and O–H groups in total. The first kappa shape index (κ1) is 6.66. The van der Waals surface area contributed by atoms with Crippen LogP contribution in [0.3, 0.4) is 0 Å². The molecule has 0 radical (unpaired) electrons. The van der Waals surface area contributed by atoms with Gasteiger partial charge in [0.15, 0.2) is 0 Å². The van der Waals surface area contributed by atoms with Crippen LogP contribution in [0.2, 0.25) is 0 Å². The molecule has 1 heteroatoms. The van der Waals surface area contributed by atoms with Crippen LogP contribution in [-0.2, 0) is 0 Å². The predicted octanol–water partition coefficient (Wildman–Crippen LogP) is 1.95. The highest BCUT2D eigenvalue weighted by Crippen LogP contribution is 2.62. The van der Waals surface area contributed by atoms with Gasteiger partial charge in [0.2, 0.25) is 0 Å². The van der Waals surface area contributed by atoms with E-state index < -0.39 is 0 Å². The van der Waals surface area contributed by atoms with Gasteiger partial charge in [-0.15, -0.1) is 0 Å². The third-order valence-corrected chi connectivity index (χ3v) is 3.34. The standard InChI is InChI=1S/C9H16O/c1-2-6-9(10)7-4-3-5-8(7)9/h7-8,10H,2-6H2,1H3. The van der Waals surface area contributed by atoms with Gasteiger partial charge in [-0.25, -0.2) is 0 Å². The third kappa shape index (κ3) is 0.672. The first-order chi connectivity index (χ1) is 4.79. The predicted molar refractivity (Wildman–Crippen MR) is 40.7 cm³/mol. The molecule has 0 aromatic carbocycles. The molecule has 0 heterocycles. The number of hydrogen-bond donors (Lipinski definition) is 1. The lowest BCUT2D eigenvalue weighted by atomic mass is 10.0. The summed E-state index contributed by atoms with van der Waals surface area (Å²) in [4.78, 5) is 0. The lowest BCUT2D eigenvalue weighted by Crippen LogP contribution is -2.14. The Morgan fingerprint density at radius 2 is 2.00 bits per heavy atom. The van der Waals surface area contributed by atoms with Gasteiger partial charge in [-0.2, -0.15) is 0 Å². The number of rotatable bonds is 2. The van der Waals surface area contributed by atoms with Gasteiger partial charge < -0.3 is 5.11 Å². The van der Waals surface area contributed by atoms with E-state index >= 15 is 0 Å². The zero-order valence-corrected chi connectivity index (χ0v) is 6.64. The van der Waals surface area contributed by atoms with E-state index in [1.807, 2.05) is 0 Å².